The number of aryl methyl sites for hydroxylation is 1. The van der Waals surface area contributed by atoms with Gasteiger partial charge in [-0.2, -0.15) is 5.10 Å². The van der Waals surface area contributed by atoms with Crippen molar-refractivity contribution in [2.24, 2.45) is 12.8 Å². The monoisotopic (exact) mass is 359 g/mol. The number of aromatic nitrogens is 2. The minimum atomic E-state index is -0.380. The van der Waals surface area contributed by atoms with Crippen LogP contribution in [0.3, 0.4) is 0 Å². The summed E-state index contributed by atoms with van der Waals surface area (Å²) < 4.78 is 13.1. The number of hydrogen-bond acceptors (Lipinski definition) is 4. The molecule has 108 valence electrons. The fourth-order valence-corrected chi connectivity index (χ4v) is 2.94. The smallest absolute Gasteiger partial charge is 0.179 e. The molecule has 0 bridgehead atoms. The summed E-state index contributed by atoms with van der Waals surface area (Å²) in [6.07, 6.45) is 1.71. The van der Waals surface area contributed by atoms with Crippen molar-refractivity contribution < 1.29 is 9.47 Å². The number of benzene rings is 1. The molecule has 0 aliphatic carbocycles. The van der Waals surface area contributed by atoms with Crippen LogP contribution in [-0.4, -0.2) is 24.0 Å². The average Bonchev–Trinajstić information content (AvgIpc) is 2.76. The molecule has 0 saturated heterocycles. The first-order valence-corrected chi connectivity index (χ1v) is 7.01. The van der Waals surface area contributed by atoms with Crippen LogP contribution in [-0.2, 0) is 7.05 Å². The standard InChI is InChI=1S/C13H15BrClN3O2/c1-18-12(8(14)6-17-18)11(16)7-4-9(15)13(20-3)10(5-7)19-2/h4-6,11H,16H2,1-3H3. The molecule has 0 radical (unpaired) electrons. The maximum Gasteiger partial charge on any atom is 0.179 e. The van der Waals surface area contributed by atoms with Crippen molar-refractivity contribution in [3.05, 3.63) is 39.1 Å². The number of ether oxygens (including phenoxy) is 2. The lowest BCUT2D eigenvalue weighted by molar-refractivity contribution is 0.354. The highest BCUT2D eigenvalue weighted by atomic mass is 79.9. The van der Waals surface area contributed by atoms with E-state index in [4.69, 9.17) is 26.8 Å². The molecule has 1 aromatic carbocycles. The molecule has 5 nitrogen and oxygen atoms in total. The van der Waals surface area contributed by atoms with Gasteiger partial charge in [-0.05, 0) is 33.6 Å². The SMILES string of the molecule is COc1cc(C(N)c2c(Br)cnn2C)cc(Cl)c1OC. The van der Waals surface area contributed by atoms with Crippen molar-refractivity contribution in [3.63, 3.8) is 0 Å². The van der Waals surface area contributed by atoms with E-state index >= 15 is 0 Å². The van der Waals surface area contributed by atoms with Gasteiger partial charge in [-0.15, -0.1) is 0 Å². The zero-order chi connectivity index (χ0) is 14.9. The van der Waals surface area contributed by atoms with Gasteiger partial charge < -0.3 is 15.2 Å². The Bertz CT molecular complexity index is 611. The quantitative estimate of drug-likeness (QED) is 0.910. The molecule has 1 aromatic heterocycles. The minimum Gasteiger partial charge on any atom is -0.493 e. The third-order valence-corrected chi connectivity index (χ3v) is 3.94. The van der Waals surface area contributed by atoms with Crippen LogP contribution >= 0.6 is 27.5 Å². The summed E-state index contributed by atoms with van der Waals surface area (Å²) in [5.41, 5.74) is 7.97. The Morgan fingerprint density at radius 3 is 2.55 bits per heavy atom. The van der Waals surface area contributed by atoms with Crippen molar-refractivity contribution in [1.29, 1.82) is 0 Å². The van der Waals surface area contributed by atoms with Gasteiger partial charge in [-0.1, -0.05) is 11.6 Å². The van der Waals surface area contributed by atoms with Gasteiger partial charge in [0.2, 0.25) is 0 Å². The van der Waals surface area contributed by atoms with Crippen LogP contribution in [0.25, 0.3) is 0 Å². The Kier molecular flexibility index (Phi) is 4.57. The number of rotatable bonds is 4. The molecule has 2 aromatic rings. The lowest BCUT2D eigenvalue weighted by Gasteiger charge is -2.17. The predicted molar refractivity (Wildman–Crippen MR) is 81.5 cm³/mol. The van der Waals surface area contributed by atoms with Crippen LogP contribution in [0.4, 0.5) is 0 Å². The fraction of sp³-hybridized carbons (Fsp3) is 0.308. The maximum atomic E-state index is 6.30. The van der Waals surface area contributed by atoms with Gasteiger partial charge in [-0.25, -0.2) is 0 Å². The highest BCUT2D eigenvalue weighted by molar-refractivity contribution is 9.10. The number of nitrogens with two attached hydrogens (primary N) is 1. The highest BCUT2D eigenvalue weighted by Gasteiger charge is 2.20. The highest BCUT2D eigenvalue weighted by Crippen LogP contribution is 2.39. The van der Waals surface area contributed by atoms with E-state index in [1.807, 2.05) is 13.1 Å². The fourth-order valence-electron chi connectivity index (χ4n) is 2.05. The van der Waals surface area contributed by atoms with Crippen LogP contribution in [0.2, 0.25) is 5.02 Å². The number of hydrogen-bond donors (Lipinski definition) is 1. The topological polar surface area (TPSA) is 62.3 Å². The molecule has 7 heteroatoms. The van der Waals surface area contributed by atoms with Gasteiger partial charge in [0.05, 0.1) is 41.6 Å². The Hall–Kier alpha value is -1.24. The van der Waals surface area contributed by atoms with Gasteiger partial charge in [-0.3, -0.25) is 4.68 Å². The van der Waals surface area contributed by atoms with Gasteiger partial charge in [0, 0.05) is 7.05 Å². The van der Waals surface area contributed by atoms with E-state index in [1.165, 1.54) is 0 Å². The first-order valence-electron chi connectivity index (χ1n) is 5.84. The lowest BCUT2D eigenvalue weighted by Crippen LogP contribution is -2.16. The molecule has 0 spiro atoms. The average molecular weight is 361 g/mol. The third-order valence-electron chi connectivity index (χ3n) is 3.05. The molecule has 20 heavy (non-hydrogen) atoms. The maximum absolute atomic E-state index is 6.30. The van der Waals surface area contributed by atoms with Crippen molar-refractivity contribution in [3.8, 4) is 11.5 Å². The van der Waals surface area contributed by atoms with E-state index in [0.717, 1.165) is 15.7 Å². The lowest BCUT2D eigenvalue weighted by atomic mass is 10.0. The Labute approximate surface area is 130 Å². The second-order valence-electron chi connectivity index (χ2n) is 4.22. The second kappa shape index (κ2) is 6.03. The molecule has 2 N–H and O–H groups in total. The first-order chi connectivity index (χ1) is 9.49. The summed E-state index contributed by atoms with van der Waals surface area (Å²) >= 11 is 9.65. The summed E-state index contributed by atoms with van der Waals surface area (Å²) in [5.74, 6) is 1.04. The molecule has 1 heterocycles. The van der Waals surface area contributed by atoms with E-state index < -0.39 is 0 Å². The van der Waals surface area contributed by atoms with Crippen LogP contribution in [0, 0.1) is 0 Å². The van der Waals surface area contributed by atoms with E-state index in [1.54, 1.807) is 31.2 Å². The molecule has 1 atom stereocenters. The van der Waals surface area contributed by atoms with E-state index in [-0.39, 0.29) is 6.04 Å². The Morgan fingerprint density at radius 2 is 2.05 bits per heavy atom. The summed E-state index contributed by atoms with van der Waals surface area (Å²) in [6, 6.07) is 3.20. The summed E-state index contributed by atoms with van der Waals surface area (Å²) in [6.45, 7) is 0. The Morgan fingerprint density at radius 1 is 1.35 bits per heavy atom. The van der Waals surface area contributed by atoms with Crippen molar-refractivity contribution in [1.82, 2.24) is 9.78 Å². The summed E-state index contributed by atoms with van der Waals surface area (Å²) in [5, 5.41) is 4.62. The van der Waals surface area contributed by atoms with E-state index in [2.05, 4.69) is 21.0 Å². The zero-order valence-corrected chi connectivity index (χ0v) is 13.7. The van der Waals surface area contributed by atoms with Crippen molar-refractivity contribution >= 4 is 27.5 Å². The summed E-state index contributed by atoms with van der Waals surface area (Å²) in [7, 11) is 4.94. The largest absolute Gasteiger partial charge is 0.493 e. The summed E-state index contributed by atoms with van der Waals surface area (Å²) in [4.78, 5) is 0. The van der Waals surface area contributed by atoms with Crippen LogP contribution < -0.4 is 15.2 Å². The van der Waals surface area contributed by atoms with Gasteiger partial charge >= 0.3 is 0 Å². The second-order valence-corrected chi connectivity index (χ2v) is 5.48. The van der Waals surface area contributed by atoms with Crippen molar-refractivity contribution in [2.45, 2.75) is 6.04 Å². The van der Waals surface area contributed by atoms with Gasteiger partial charge in [0.15, 0.2) is 11.5 Å². The van der Waals surface area contributed by atoms with Gasteiger partial charge in [0.1, 0.15) is 0 Å². The number of halogens is 2. The third kappa shape index (κ3) is 2.63. The van der Waals surface area contributed by atoms with E-state index in [0.29, 0.717) is 16.5 Å². The molecule has 2 rings (SSSR count). The zero-order valence-electron chi connectivity index (χ0n) is 11.4. The normalized spacial score (nSPS) is 12.3. The molecular formula is C13H15BrClN3O2. The number of nitrogens with zero attached hydrogens (tertiary/aromatic N) is 2. The number of methoxy groups -OCH3 is 2. The van der Waals surface area contributed by atoms with Crippen LogP contribution in [0.5, 0.6) is 11.5 Å². The van der Waals surface area contributed by atoms with E-state index in [9.17, 15) is 0 Å². The molecule has 0 aliphatic heterocycles. The first kappa shape index (κ1) is 15.2. The molecule has 0 fully saturated rings. The molecule has 0 amide bonds. The molecule has 0 aliphatic rings. The Balaban J connectivity index is 2.51. The molecular weight excluding hydrogens is 346 g/mol. The van der Waals surface area contributed by atoms with Crippen LogP contribution in [0.1, 0.15) is 17.3 Å². The predicted octanol–water partition coefficient (Wildman–Crippen LogP) is 2.90. The van der Waals surface area contributed by atoms with Crippen molar-refractivity contribution in [2.75, 3.05) is 14.2 Å². The van der Waals surface area contributed by atoms with Gasteiger partial charge in [0.25, 0.3) is 0 Å². The minimum absolute atomic E-state index is 0.380. The van der Waals surface area contributed by atoms with Crippen LogP contribution in [0.15, 0.2) is 22.8 Å². The molecule has 0 saturated carbocycles. The molecule has 1 unspecified atom stereocenters.